The summed E-state index contributed by atoms with van der Waals surface area (Å²) in [4.78, 5) is 0. The second-order valence-electron chi connectivity index (χ2n) is 5.39. The van der Waals surface area contributed by atoms with Crippen molar-refractivity contribution in [2.24, 2.45) is 0 Å². The van der Waals surface area contributed by atoms with E-state index in [2.05, 4.69) is 39.9 Å². The van der Waals surface area contributed by atoms with E-state index in [9.17, 15) is 5.11 Å². The first-order valence-corrected chi connectivity index (χ1v) is 6.95. The maximum Gasteiger partial charge on any atom is 0.0623 e. The monoisotopic (exact) mass is 245 g/mol. The Morgan fingerprint density at radius 3 is 2.18 bits per heavy atom. The Balaban J connectivity index is 3.98. The summed E-state index contributed by atoms with van der Waals surface area (Å²) in [6.45, 7) is 12.5. The molecule has 0 aliphatic rings. The van der Waals surface area contributed by atoms with E-state index in [1.165, 1.54) is 0 Å². The Morgan fingerprint density at radius 1 is 1.12 bits per heavy atom. The second kappa shape index (κ2) is 8.06. The van der Waals surface area contributed by atoms with Crippen LogP contribution in [0.2, 0.25) is 0 Å². The molecule has 3 heteroatoms. The third kappa shape index (κ3) is 6.39. The summed E-state index contributed by atoms with van der Waals surface area (Å²) in [6, 6.07) is 0. The predicted molar refractivity (Wildman–Crippen MR) is 73.3 cm³/mol. The van der Waals surface area contributed by atoms with Gasteiger partial charge in [-0.1, -0.05) is 20.8 Å². The van der Waals surface area contributed by atoms with Crippen LogP contribution in [-0.4, -0.2) is 36.0 Å². The van der Waals surface area contributed by atoms with E-state index in [1.54, 1.807) is 0 Å². The minimum absolute atomic E-state index is 0.0216. The van der Waals surface area contributed by atoms with Crippen LogP contribution in [0.5, 0.6) is 0 Å². The van der Waals surface area contributed by atoms with E-state index in [4.69, 9.17) is 4.74 Å². The van der Waals surface area contributed by atoms with E-state index >= 15 is 0 Å². The summed E-state index contributed by atoms with van der Waals surface area (Å²) < 4.78 is 5.83. The molecule has 0 aromatic heterocycles. The Kier molecular flexibility index (Phi) is 8.01. The van der Waals surface area contributed by atoms with Gasteiger partial charge in [0.2, 0.25) is 0 Å². The van der Waals surface area contributed by atoms with Crippen LogP contribution in [0.25, 0.3) is 0 Å². The largest absolute Gasteiger partial charge is 0.394 e. The van der Waals surface area contributed by atoms with Gasteiger partial charge >= 0.3 is 0 Å². The summed E-state index contributed by atoms with van der Waals surface area (Å²) in [5, 5.41) is 12.9. The summed E-state index contributed by atoms with van der Waals surface area (Å²) >= 11 is 0. The van der Waals surface area contributed by atoms with Crippen molar-refractivity contribution in [3.05, 3.63) is 0 Å². The van der Waals surface area contributed by atoms with Crippen molar-refractivity contribution >= 4 is 0 Å². The van der Waals surface area contributed by atoms with E-state index in [0.29, 0.717) is 0 Å². The molecule has 3 nitrogen and oxygen atoms in total. The van der Waals surface area contributed by atoms with Crippen LogP contribution in [-0.2, 0) is 4.74 Å². The van der Waals surface area contributed by atoms with Gasteiger partial charge in [-0.2, -0.15) is 0 Å². The van der Waals surface area contributed by atoms with Crippen molar-refractivity contribution in [3.63, 3.8) is 0 Å². The molecule has 0 rings (SSSR count). The van der Waals surface area contributed by atoms with Crippen LogP contribution in [0.15, 0.2) is 0 Å². The molecule has 104 valence electrons. The topological polar surface area (TPSA) is 41.5 Å². The van der Waals surface area contributed by atoms with Gasteiger partial charge in [0.05, 0.1) is 12.2 Å². The fourth-order valence-electron chi connectivity index (χ4n) is 1.87. The van der Waals surface area contributed by atoms with Gasteiger partial charge in [-0.25, -0.2) is 0 Å². The molecule has 0 heterocycles. The first-order valence-electron chi connectivity index (χ1n) is 6.95. The average molecular weight is 245 g/mol. The standard InChI is InChI=1S/C14H31NO2/c1-6-13(4,5)17-11-9-10-14(7-2,12-16)15-8-3/h15-16H,6-12H2,1-5H3. The first kappa shape index (κ1) is 16.9. The summed E-state index contributed by atoms with van der Waals surface area (Å²) in [6.07, 6.45) is 3.94. The highest BCUT2D eigenvalue weighted by molar-refractivity contribution is 4.85. The highest BCUT2D eigenvalue weighted by Crippen LogP contribution is 2.19. The molecule has 0 aromatic carbocycles. The molecule has 0 saturated carbocycles. The fourth-order valence-corrected chi connectivity index (χ4v) is 1.87. The van der Waals surface area contributed by atoms with Crippen LogP contribution >= 0.6 is 0 Å². The zero-order chi connectivity index (χ0) is 13.4. The first-order chi connectivity index (χ1) is 7.95. The molecule has 1 atom stereocenters. The van der Waals surface area contributed by atoms with Gasteiger partial charge in [-0.05, 0) is 46.1 Å². The Morgan fingerprint density at radius 2 is 1.76 bits per heavy atom. The predicted octanol–water partition coefficient (Wildman–Crippen LogP) is 2.72. The van der Waals surface area contributed by atoms with Gasteiger partial charge in [0, 0.05) is 12.1 Å². The van der Waals surface area contributed by atoms with Crippen LogP contribution in [0.4, 0.5) is 0 Å². The van der Waals surface area contributed by atoms with Gasteiger partial charge in [-0.3, -0.25) is 0 Å². The minimum atomic E-state index is -0.117. The van der Waals surface area contributed by atoms with E-state index < -0.39 is 0 Å². The van der Waals surface area contributed by atoms with Crippen LogP contribution in [0.1, 0.15) is 60.3 Å². The number of aliphatic hydroxyl groups is 1. The Bertz CT molecular complexity index is 189. The van der Waals surface area contributed by atoms with Gasteiger partial charge in [0.1, 0.15) is 0 Å². The van der Waals surface area contributed by atoms with Crippen molar-refractivity contribution < 1.29 is 9.84 Å². The molecule has 0 aliphatic carbocycles. The molecular weight excluding hydrogens is 214 g/mol. The molecule has 1 unspecified atom stereocenters. The Labute approximate surface area is 107 Å². The summed E-state index contributed by atoms with van der Waals surface area (Å²) in [5.41, 5.74) is -0.138. The minimum Gasteiger partial charge on any atom is -0.394 e. The van der Waals surface area contributed by atoms with Crippen molar-refractivity contribution in [1.82, 2.24) is 5.32 Å². The summed E-state index contributed by atoms with van der Waals surface area (Å²) in [7, 11) is 0. The number of likely N-dealkylation sites (N-methyl/N-ethyl adjacent to an activating group) is 1. The molecule has 0 amide bonds. The number of ether oxygens (including phenoxy) is 1. The maximum absolute atomic E-state index is 9.51. The highest BCUT2D eigenvalue weighted by Gasteiger charge is 2.25. The number of nitrogens with one attached hydrogen (secondary N) is 1. The van der Waals surface area contributed by atoms with Crippen molar-refractivity contribution in [2.75, 3.05) is 19.8 Å². The molecule has 0 fully saturated rings. The SMILES string of the molecule is CCNC(CC)(CO)CCCOC(C)(C)CC. The maximum atomic E-state index is 9.51. The molecule has 0 saturated heterocycles. The van der Waals surface area contributed by atoms with E-state index in [-0.39, 0.29) is 17.7 Å². The third-order valence-corrected chi connectivity index (χ3v) is 3.68. The number of hydrogen-bond donors (Lipinski definition) is 2. The third-order valence-electron chi connectivity index (χ3n) is 3.68. The summed E-state index contributed by atoms with van der Waals surface area (Å²) in [5.74, 6) is 0. The smallest absolute Gasteiger partial charge is 0.0623 e. The van der Waals surface area contributed by atoms with Gasteiger partial charge in [0.15, 0.2) is 0 Å². The van der Waals surface area contributed by atoms with E-state index in [1.807, 2.05) is 0 Å². The van der Waals surface area contributed by atoms with Crippen molar-refractivity contribution in [2.45, 2.75) is 71.4 Å². The number of hydrogen-bond acceptors (Lipinski definition) is 3. The van der Waals surface area contributed by atoms with Gasteiger partial charge < -0.3 is 15.2 Å². The molecular formula is C14H31NO2. The quantitative estimate of drug-likeness (QED) is 0.582. The Hall–Kier alpha value is -0.120. The van der Waals surface area contributed by atoms with E-state index in [0.717, 1.165) is 38.8 Å². The lowest BCUT2D eigenvalue weighted by Gasteiger charge is -2.32. The van der Waals surface area contributed by atoms with Crippen molar-refractivity contribution in [3.8, 4) is 0 Å². The highest BCUT2D eigenvalue weighted by atomic mass is 16.5. The van der Waals surface area contributed by atoms with Crippen molar-refractivity contribution in [1.29, 1.82) is 0 Å². The molecule has 0 spiro atoms. The number of aliphatic hydroxyl groups excluding tert-OH is 1. The second-order valence-corrected chi connectivity index (χ2v) is 5.39. The molecule has 0 bridgehead atoms. The number of rotatable bonds is 10. The fraction of sp³-hybridized carbons (Fsp3) is 1.00. The molecule has 2 N–H and O–H groups in total. The zero-order valence-electron chi connectivity index (χ0n) is 12.3. The lowest BCUT2D eigenvalue weighted by atomic mass is 9.91. The van der Waals surface area contributed by atoms with Gasteiger partial charge in [-0.15, -0.1) is 0 Å². The average Bonchev–Trinajstić information content (AvgIpc) is 2.33. The lowest BCUT2D eigenvalue weighted by Crippen LogP contribution is -2.48. The molecule has 0 radical (unpaired) electrons. The van der Waals surface area contributed by atoms with Crippen LogP contribution in [0, 0.1) is 0 Å². The normalized spacial score (nSPS) is 15.9. The molecule has 0 aliphatic heterocycles. The van der Waals surface area contributed by atoms with Crippen LogP contribution in [0.3, 0.4) is 0 Å². The zero-order valence-corrected chi connectivity index (χ0v) is 12.3. The van der Waals surface area contributed by atoms with Gasteiger partial charge in [0.25, 0.3) is 0 Å². The lowest BCUT2D eigenvalue weighted by molar-refractivity contribution is -0.0248. The molecule has 0 aromatic rings. The molecule has 17 heavy (non-hydrogen) atoms. The van der Waals surface area contributed by atoms with Crippen LogP contribution < -0.4 is 5.32 Å².